The van der Waals surface area contributed by atoms with Crippen LogP contribution in [0.2, 0.25) is 0 Å². The molecule has 3 fully saturated rings. The quantitative estimate of drug-likeness (QED) is 0.654. The number of piperidine rings is 1. The first-order chi connectivity index (χ1) is 15.0. The zero-order chi connectivity index (χ0) is 21.8. The van der Waals surface area contributed by atoms with Gasteiger partial charge in [0, 0.05) is 39.3 Å². The number of imide groups is 1. The number of morpholine rings is 1. The molecule has 3 aliphatic rings. The van der Waals surface area contributed by atoms with Crippen LogP contribution in [-0.2, 0) is 19.6 Å². The molecule has 0 radical (unpaired) electrons. The number of carbonyl (C=O) groups is 2. The number of amides is 3. The summed E-state index contributed by atoms with van der Waals surface area (Å²) in [4.78, 5) is 27.7. The number of hydrogen-bond acceptors (Lipinski definition) is 7. The number of carbonyl (C=O) groups excluding carboxylic acids is 2. The minimum atomic E-state index is -3.60. The van der Waals surface area contributed by atoms with Crippen molar-refractivity contribution in [3.8, 4) is 0 Å². The predicted octanol–water partition coefficient (Wildman–Crippen LogP) is 0.662. The molecule has 0 aromatic heterocycles. The molecule has 4 rings (SSSR count). The molecule has 10 nitrogen and oxygen atoms in total. The summed E-state index contributed by atoms with van der Waals surface area (Å²) in [6, 6.07) is 4.63. The molecule has 0 atom stereocenters. The lowest BCUT2D eigenvalue weighted by Gasteiger charge is -2.31. The van der Waals surface area contributed by atoms with Crippen molar-refractivity contribution in [2.24, 2.45) is 0 Å². The van der Waals surface area contributed by atoms with Crippen molar-refractivity contribution in [3.05, 3.63) is 18.2 Å². The van der Waals surface area contributed by atoms with E-state index in [0.29, 0.717) is 58.2 Å². The molecule has 0 bridgehead atoms. The molecule has 11 heteroatoms. The summed E-state index contributed by atoms with van der Waals surface area (Å²) < 4.78 is 33.3. The second kappa shape index (κ2) is 9.41. The summed E-state index contributed by atoms with van der Waals surface area (Å²) in [5, 5.41) is 5.70. The Morgan fingerprint density at radius 2 is 1.81 bits per heavy atom. The largest absolute Gasteiger partial charge is 0.378 e. The van der Waals surface area contributed by atoms with Crippen LogP contribution in [0.4, 0.5) is 16.2 Å². The van der Waals surface area contributed by atoms with Crippen LogP contribution in [0.3, 0.4) is 0 Å². The first-order valence-corrected chi connectivity index (χ1v) is 12.2. The molecule has 3 heterocycles. The molecule has 3 amide bonds. The van der Waals surface area contributed by atoms with Gasteiger partial charge in [0.25, 0.3) is 0 Å². The summed E-state index contributed by atoms with van der Waals surface area (Å²) in [6.45, 7) is 4.24. The van der Waals surface area contributed by atoms with E-state index >= 15 is 0 Å². The molecule has 0 spiro atoms. The van der Waals surface area contributed by atoms with Crippen LogP contribution in [0.25, 0.3) is 0 Å². The van der Waals surface area contributed by atoms with Crippen molar-refractivity contribution in [1.29, 1.82) is 0 Å². The number of sulfonamides is 1. The van der Waals surface area contributed by atoms with Crippen LogP contribution in [0.15, 0.2) is 23.1 Å². The molecule has 170 valence electrons. The van der Waals surface area contributed by atoms with Crippen LogP contribution in [0, 0.1) is 0 Å². The topological polar surface area (TPSA) is 111 Å². The number of nitrogens with zero attached hydrogens (tertiary/aromatic N) is 3. The van der Waals surface area contributed by atoms with Crippen molar-refractivity contribution in [3.63, 3.8) is 0 Å². The standard InChI is InChI=1S/C20H29N5O5S/c26-19(25-9-6-21-20(25)27)15-22-17-14-16(31(28,29)24-7-2-1-3-8-24)4-5-18(17)23-10-12-30-13-11-23/h4-5,14,22H,1-3,6-13,15H2,(H,21,27). The molecule has 0 unspecified atom stereocenters. The Hall–Kier alpha value is -2.37. The van der Waals surface area contributed by atoms with Crippen LogP contribution >= 0.6 is 0 Å². The van der Waals surface area contributed by atoms with E-state index in [1.165, 1.54) is 4.31 Å². The maximum absolute atomic E-state index is 13.2. The Bertz CT molecular complexity index is 926. The third-order valence-electron chi connectivity index (χ3n) is 5.86. The number of ether oxygens (including phenoxy) is 1. The summed E-state index contributed by atoms with van der Waals surface area (Å²) in [7, 11) is -3.60. The molecule has 1 aromatic carbocycles. The highest BCUT2D eigenvalue weighted by molar-refractivity contribution is 7.89. The minimum Gasteiger partial charge on any atom is -0.378 e. The molecule has 31 heavy (non-hydrogen) atoms. The molecule has 3 saturated heterocycles. The third kappa shape index (κ3) is 4.78. The van der Waals surface area contributed by atoms with Crippen molar-refractivity contribution >= 4 is 33.3 Å². The first kappa shape index (κ1) is 21.8. The summed E-state index contributed by atoms with van der Waals surface area (Å²) in [5.41, 5.74) is 1.38. The van der Waals surface area contributed by atoms with Crippen molar-refractivity contribution in [2.75, 3.05) is 69.2 Å². The van der Waals surface area contributed by atoms with Crippen LogP contribution in [0.1, 0.15) is 19.3 Å². The van der Waals surface area contributed by atoms with Crippen LogP contribution < -0.4 is 15.5 Å². The number of rotatable bonds is 6. The van der Waals surface area contributed by atoms with Crippen molar-refractivity contribution < 1.29 is 22.7 Å². The van der Waals surface area contributed by atoms with E-state index in [9.17, 15) is 18.0 Å². The molecule has 0 saturated carbocycles. The molecule has 1 aromatic rings. The van der Waals surface area contributed by atoms with E-state index in [2.05, 4.69) is 15.5 Å². The summed E-state index contributed by atoms with van der Waals surface area (Å²) in [6.07, 6.45) is 2.77. The molecule has 0 aliphatic carbocycles. The van der Waals surface area contributed by atoms with Gasteiger partial charge >= 0.3 is 6.03 Å². The van der Waals surface area contributed by atoms with Gasteiger partial charge in [0.15, 0.2) is 0 Å². The predicted molar refractivity (Wildman–Crippen MR) is 116 cm³/mol. The van der Waals surface area contributed by atoms with Gasteiger partial charge in [-0.15, -0.1) is 0 Å². The normalized spacial score (nSPS) is 20.6. The van der Waals surface area contributed by atoms with Gasteiger partial charge in [0.2, 0.25) is 15.9 Å². The fourth-order valence-electron chi connectivity index (χ4n) is 4.13. The number of nitrogens with one attached hydrogen (secondary N) is 2. The lowest BCUT2D eigenvalue weighted by atomic mass is 10.2. The molecule has 3 aliphatic heterocycles. The van der Waals surface area contributed by atoms with E-state index in [-0.39, 0.29) is 17.3 Å². The van der Waals surface area contributed by atoms with Gasteiger partial charge in [-0.2, -0.15) is 4.31 Å². The van der Waals surface area contributed by atoms with E-state index in [0.717, 1.165) is 29.8 Å². The highest BCUT2D eigenvalue weighted by Crippen LogP contribution is 2.31. The number of hydrogen-bond donors (Lipinski definition) is 2. The average molecular weight is 452 g/mol. The Labute approximate surface area is 182 Å². The van der Waals surface area contributed by atoms with Gasteiger partial charge in [-0.3, -0.25) is 9.69 Å². The second-order valence-corrected chi connectivity index (χ2v) is 9.81. The number of urea groups is 1. The van der Waals surface area contributed by atoms with E-state index in [4.69, 9.17) is 4.74 Å². The SMILES string of the molecule is O=C(CNc1cc(S(=O)(=O)N2CCCCC2)ccc1N1CCOCC1)N1CCNC1=O. The monoisotopic (exact) mass is 451 g/mol. The first-order valence-electron chi connectivity index (χ1n) is 10.8. The Kier molecular flexibility index (Phi) is 6.63. The third-order valence-corrected chi connectivity index (χ3v) is 7.76. The van der Waals surface area contributed by atoms with Crippen molar-refractivity contribution in [1.82, 2.24) is 14.5 Å². The lowest BCUT2D eigenvalue weighted by Crippen LogP contribution is -2.39. The van der Waals surface area contributed by atoms with Crippen molar-refractivity contribution in [2.45, 2.75) is 24.2 Å². The second-order valence-electron chi connectivity index (χ2n) is 7.87. The van der Waals surface area contributed by atoms with E-state index < -0.39 is 16.1 Å². The molecule has 2 N–H and O–H groups in total. The maximum atomic E-state index is 13.2. The van der Waals surface area contributed by atoms with Gasteiger partial charge in [-0.1, -0.05) is 6.42 Å². The highest BCUT2D eigenvalue weighted by atomic mass is 32.2. The average Bonchev–Trinajstić information content (AvgIpc) is 3.24. The zero-order valence-electron chi connectivity index (χ0n) is 17.5. The van der Waals surface area contributed by atoms with Crippen LogP contribution in [-0.4, -0.2) is 88.6 Å². The molecular weight excluding hydrogens is 422 g/mol. The molecular formula is C20H29N5O5S. The fourth-order valence-corrected chi connectivity index (χ4v) is 5.67. The lowest BCUT2D eigenvalue weighted by molar-refractivity contribution is -0.125. The van der Waals surface area contributed by atoms with Gasteiger partial charge < -0.3 is 20.3 Å². The highest BCUT2D eigenvalue weighted by Gasteiger charge is 2.29. The number of benzene rings is 1. The zero-order valence-corrected chi connectivity index (χ0v) is 18.3. The number of anilines is 2. The van der Waals surface area contributed by atoms with E-state index in [1.807, 2.05) is 0 Å². The maximum Gasteiger partial charge on any atom is 0.324 e. The fraction of sp³-hybridized carbons (Fsp3) is 0.600. The Balaban J connectivity index is 1.58. The van der Waals surface area contributed by atoms with Gasteiger partial charge in [-0.05, 0) is 31.0 Å². The Morgan fingerprint density at radius 1 is 1.06 bits per heavy atom. The Morgan fingerprint density at radius 3 is 2.48 bits per heavy atom. The summed E-state index contributed by atoms with van der Waals surface area (Å²) >= 11 is 0. The van der Waals surface area contributed by atoms with Gasteiger partial charge in [-0.25, -0.2) is 13.2 Å². The minimum absolute atomic E-state index is 0.0992. The van der Waals surface area contributed by atoms with Crippen LogP contribution in [0.5, 0.6) is 0 Å². The summed E-state index contributed by atoms with van der Waals surface area (Å²) in [5.74, 6) is -0.354. The van der Waals surface area contributed by atoms with Gasteiger partial charge in [0.05, 0.1) is 36.0 Å². The van der Waals surface area contributed by atoms with Gasteiger partial charge in [0.1, 0.15) is 0 Å². The smallest absolute Gasteiger partial charge is 0.324 e. The van der Waals surface area contributed by atoms with E-state index in [1.54, 1.807) is 18.2 Å².